The highest BCUT2D eigenvalue weighted by molar-refractivity contribution is 14.0. The Balaban J connectivity index is 0.00000300. The minimum absolute atomic E-state index is 0. The smallest absolute Gasteiger partial charge is 0.194 e. The molecule has 0 bridgehead atoms. The fourth-order valence-corrected chi connectivity index (χ4v) is 4.64. The number of halogens is 1. The third kappa shape index (κ3) is 5.71. The Morgan fingerprint density at radius 3 is 2.59 bits per heavy atom. The van der Waals surface area contributed by atoms with Crippen molar-refractivity contribution in [2.45, 2.75) is 31.9 Å². The van der Waals surface area contributed by atoms with Gasteiger partial charge in [-0.3, -0.25) is 4.99 Å². The summed E-state index contributed by atoms with van der Waals surface area (Å²) in [5, 5.41) is 7.53. The third-order valence-corrected chi connectivity index (χ3v) is 7.58. The fourth-order valence-electron chi connectivity index (χ4n) is 3.28. The first kappa shape index (κ1) is 23.7. The summed E-state index contributed by atoms with van der Waals surface area (Å²) in [6, 6.07) is 10.2. The first-order chi connectivity index (χ1) is 13.3. The van der Waals surface area contributed by atoms with Gasteiger partial charge in [-0.15, -0.1) is 24.0 Å². The number of sulfone groups is 1. The molecular weight excluding hydrogens is 501 g/mol. The number of nitrogens with one attached hydrogen (secondary N) is 1. The van der Waals surface area contributed by atoms with E-state index in [0.717, 1.165) is 24.6 Å². The highest BCUT2D eigenvalue weighted by atomic mass is 127. The van der Waals surface area contributed by atoms with Crippen LogP contribution < -0.4 is 5.32 Å². The Kier molecular flexibility index (Phi) is 8.10. The molecule has 0 unspecified atom stereocenters. The predicted octanol–water partition coefficient (Wildman–Crippen LogP) is 2.51. The van der Waals surface area contributed by atoms with Gasteiger partial charge in [0.25, 0.3) is 0 Å². The van der Waals surface area contributed by atoms with Crippen LogP contribution in [0.2, 0.25) is 0 Å². The van der Waals surface area contributed by atoms with Crippen LogP contribution in [0.25, 0.3) is 5.69 Å². The average Bonchev–Trinajstić information content (AvgIpc) is 3.19. The molecule has 0 amide bonds. The monoisotopic (exact) mass is 531 g/mol. The van der Waals surface area contributed by atoms with Crippen LogP contribution >= 0.6 is 24.0 Å². The molecule has 3 rings (SSSR count). The van der Waals surface area contributed by atoms with Crippen molar-refractivity contribution in [1.29, 1.82) is 0 Å². The number of aromatic nitrogens is 2. The van der Waals surface area contributed by atoms with Crippen LogP contribution in [-0.2, 0) is 16.3 Å². The molecule has 2 heterocycles. The van der Waals surface area contributed by atoms with Crippen molar-refractivity contribution in [3.8, 4) is 5.69 Å². The first-order valence-corrected chi connectivity index (χ1v) is 11.3. The summed E-state index contributed by atoms with van der Waals surface area (Å²) in [5.41, 5.74) is 2.24. The van der Waals surface area contributed by atoms with Crippen LogP contribution in [0.1, 0.15) is 26.3 Å². The lowest BCUT2D eigenvalue weighted by atomic mass is 10.1. The van der Waals surface area contributed by atoms with Gasteiger partial charge in [0.1, 0.15) is 0 Å². The summed E-state index contributed by atoms with van der Waals surface area (Å²) < 4.78 is 25.6. The van der Waals surface area contributed by atoms with Gasteiger partial charge in [-0.25, -0.2) is 13.1 Å². The molecule has 1 aromatic carbocycles. The van der Waals surface area contributed by atoms with Gasteiger partial charge in [0, 0.05) is 38.6 Å². The summed E-state index contributed by atoms with van der Waals surface area (Å²) in [4.78, 5) is 6.80. The molecule has 160 valence electrons. The Labute approximate surface area is 190 Å². The van der Waals surface area contributed by atoms with E-state index in [-0.39, 0.29) is 29.7 Å². The Bertz CT molecular complexity index is 909. The molecule has 0 spiro atoms. The minimum Gasteiger partial charge on any atom is -0.357 e. The maximum absolute atomic E-state index is 12.2. The summed E-state index contributed by atoms with van der Waals surface area (Å²) in [6.07, 6.45) is 4.50. The lowest BCUT2D eigenvalue weighted by molar-refractivity contribution is 0.353. The van der Waals surface area contributed by atoms with E-state index in [2.05, 4.69) is 39.6 Å². The van der Waals surface area contributed by atoms with Gasteiger partial charge in [0.15, 0.2) is 15.8 Å². The van der Waals surface area contributed by atoms with Crippen molar-refractivity contribution in [1.82, 2.24) is 20.0 Å². The van der Waals surface area contributed by atoms with Gasteiger partial charge in [-0.1, -0.05) is 12.1 Å². The highest BCUT2D eigenvalue weighted by Crippen LogP contribution is 2.23. The Hall–Kier alpha value is -1.62. The molecule has 29 heavy (non-hydrogen) atoms. The van der Waals surface area contributed by atoms with Crippen LogP contribution in [-0.4, -0.2) is 65.7 Å². The molecule has 9 heteroatoms. The number of hydrogen-bond acceptors (Lipinski definition) is 4. The van der Waals surface area contributed by atoms with E-state index < -0.39 is 14.6 Å². The Morgan fingerprint density at radius 2 is 2.00 bits per heavy atom. The topological polar surface area (TPSA) is 79.6 Å². The molecule has 0 atom stereocenters. The number of aliphatic imine (C=N–C) groups is 1. The second kappa shape index (κ2) is 9.92. The number of guanidine groups is 1. The highest BCUT2D eigenvalue weighted by Gasteiger charge is 2.40. The lowest BCUT2D eigenvalue weighted by Crippen LogP contribution is -2.57. The molecule has 0 saturated carbocycles. The van der Waals surface area contributed by atoms with Gasteiger partial charge in [0.2, 0.25) is 0 Å². The van der Waals surface area contributed by atoms with E-state index >= 15 is 0 Å². The second-order valence-electron chi connectivity index (χ2n) is 7.60. The molecular formula is C20H30IN5O2S. The molecule has 1 fully saturated rings. The van der Waals surface area contributed by atoms with E-state index in [9.17, 15) is 8.42 Å². The number of nitrogens with zero attached hydrogens (tertiary/aromatic N) is 4. The van der Waals surface area contributed by atoms with Crippen molar-refractivity contribution >= 4 is 39.8 Å². The maximum Gasteiger partial charge on any atom is 0.194 e. The van der Waals surface area contributed by atoms with E-state index in [1.807, 2.05) is 23.9 Å². The Morgan fingerprint density at radius 1 is 1.28 bits per heavy atom. The van der Waals surface area contributed by atoms with Gasteiger partial charge in [-0.05, 0) is 51.0 Å². The van der Waals surface area contributed by atoms with E-state index in [1.54, 1.807) is 20.0 Å². The molecule has 1 N–H and O–H groups in total. The number of benzene rings is 1. The number of hydrogen-bond donors (Lipinski definition) is 1. The van der Waals surface area contributed by atoms with Crippen LogP contribution in [0.15, 0.2) is 47.7 Å². The summed E-state index contributed by atoms with van der Waals surface area (Å²) in [6.45, 7) is 7.94. The summed E-state index contributed by atoms with van der Waals surface area (Å²) in [7, 11) is -3.06. The van der Waals surface area contributed by atoms with Crippen LogP contribution in [0.5, 0.6) is 0 Å². The molecule has 1 aliphatic rings. The largest absolute Gasteiger partial charge is 0.357 e. The standard InChI is InChI=1S/C20H29N5O2S.HI/c1-4-21-19(24-14-15-28(26,27)20(2,3)16-24)22-12-10-17-6-8-18(9-7-17)25-13-5-11-23-25;/h5-9,11,13H,4,10,12,14-16H2,1-3H3,(H,21,22);1H. The number of rotatable bonds is 5. The fraction of sp³-hybridized carbons (Fsp3) is 0.500. The van der Waals surface area contributed by atoms with Crippen molar-refractivity contribution in [3.05, 3.63) is 48.3 Å². The van der Waals surface area contributed by atoms with E-state index in [4.69, 9.17) is 4.99 Å². The summed E-state index contributed by atoms with van der Waals surface area (Å²) in [5.74, 6) is 0.956. The van der Waals surface area contributed by atoms with Crippen molar-refractivity contribution in [2.75, 3.05) is 31.9 Å². The van der Waals surface area contributed by atoms with Crippen LogP contribution in [0.4, 0.5) is 0 Å². The minimum atomic E-state index is -3.06. The molecule has 1 aliphatic heterocycles. The second-order valence-corrected chi connectivity index (χ2v) is 10.3. The molecule has 2 aromatic rings. The molecule has 0 radical (unpaired) electrons. The van der Waals surface area contributed by atoms with Crippen molar-refractivity contribution in [2.24, 2.45) is 4.99 Å². The van der Waals surface area contributed by atoms with Gasteiger partial charge in [0.05, 0.1) is 16.2 Å². The zero-order valence-electron chi connectivity index (χ0n) is 17.2. The quantitative estimate of drug-likeness (QED) is 0.365. The van der Waals surface area contributed by atoms with Gasteiger partial charge < -0.3 is 10.2 Å². The SMILES string of the molecule is CCNC(=NCCc1ccc(-n2cccn2)cc1)N1CCS(=O)(=O)C(C)(C)C1.I. The molecule has 7 nitrogen and oxygen atoms in total. The third-order valence-electron chi connectivity index (χ3n) is 5.05. The van der Waals surface area contributed by atoms with Crippen molar-refractivity contribution in [3.63, 3.8) is 0 Å². The zero-order chi connectivity index (χ0) is 20.2. The van der Waals surface area contributed by atoms with E-state index in [0.29, 0.717) is 19.6 Å². The molecule has 0 aliphatic carbocycles. The molecule has 1 aromatic heterocycles. The lowest BCUT2D eigenvalue weighted by Gasteiger charge is -2.39. The normalized spacial score (nSPS) is 18.2. The van der Waals surface area contributed by atoms with Crippen LogP contribution in [0, 0.1) is 0 Å². The van der Waals surface area contributed by atoms with Crippen molar-refractivity contribution < 1.29 is 8.42 Å². The van der Waals surface area contributed by atoms with Gasteiger partial charge >= 0.3 is 0 Å². The maximum atomic E-state index is 12.2. The van der Waals surface area contributed by atoms with E-state index in [1.165, 1.54) is 5.56 Å². The van der Waals surface area contributed by atoms with Crippen LogP contribution in [0.3, 0.4) is 0 Å². The van der Waals surface area contributed by atoms with Gasteiger partial charge in [-0.2, -0.15) is 5.10 Å². The first-order valence-electron chi connectivity index (χ1n) is 9.67. The molecule has 1 saturated heterocycles. The summed E-state index contributed by atoms with van der Waals surface area (Å²) >= 11 is 0. The average molecular weight is 531 g/mol. The predicted molar refractivity (Wildman–Crippen MR) is 128 cm³/mol. The zero-order valence-corrected chi connectivity index (χ0v) is 20.4.